The summed E-state index contributed by atoms with van der Waals surface area (Å²) in [7, 11) is -1.38. The van der Waals surface area contributed by atoms with E-state index in [9.17, 15) is 23.2 Å². The molecule has 0 amide bonds. The van der Waals surface area contributed by atoms with Gasteiger partial charge in [0.05, 0.1) is 13.2 Å². The first-order valence-electron chi connectivity index (χ1n) is 11.7. The number of ether oxygens (including phenoxy) is 2. The molecule has 2 aromatic heterocycles. The van der Waals surface area contributed by atoms with Gasteiger partial charge in [-0.1, -0.05) is 0 Å². The number of piperidine rings is 1. The Bertz CT molecular complexity index is 1060. The lowest BCUT2D eigenvalue weighted by molar-refractivity contribution is -0.142. The van der Waals surface area contributed by atoms with E-state index < -0.39 is 30.8 Å². The molecule has 3 aliphatic rings. The van der Waals surface area contributed by atoms with Crippen molar-refractivity contribution in [3.05, 3.63) is 29.3 Å². The number of hydrogen-bond acceptors (Lipinski definition) is 10. The molecule has 2 saturated heterocycles. The quantitative estimate of drug-likeness (QED) is 0.509. The molecule has 2 aromatic rings. The first-order valence-corrected chi connectivity index (χ1v) is 11.7. The number of anilines is 2. The molecule has 0 aromatic carbocycles. The van der Waals surface area contributed by atoms with E-state index in [0.29, 0.717) is 25.8 Å². The zero-order chi connectivity index (χ0) is 24.6. The molecule has 2 atom stereocenters. The average Bonchev–Trinajstić information content (AvgIpc) is 2.80. The number of hydrogen-bond donors (Lipinski definition) is 3. The van der Waals surface area contributed by atoms with Crippen molar-refractivity contribution in [1.29, 1.82) is 0 Å². The van der Waals surface area contributed by atoms with Gasteiger partial charge in [0.2, 0.25) is 11.8 Å². The van der Waals surface area contributed by atoms with E-state index >= 15 is 0 Å². The largest absolute Gasteiger partial charge is 0.469 e. The highest BCUT2D eigenvalue weighted by atomic mass is 19.4. The van der Waals surface area contributed by atoms with Crippen molar-refractivity contribution in [2.24, 2.45) is 0 Å². The van der Waals surface area contributed by atoms with E-state index in [1.54, 1.807) is 0 Å². The van der Waals surface area contributed by atoms with Gasteiger partial charge >= 0.3 is 13.3 Å². The summed E-state index contributed by atoms with van der Waals surface area (Å²) in [6.07, 6.45) is 0.549. The number of fused-ring (bicyclic) bond motifs is 1. The Morgan fingerprint density at radius 1 is 1.17 bits per heavy atom. The van der Waals surface area contributed by atoms with Gasteiger partial charge in [0, 0.05) is 36.6 Å². The Labute approximate surface area is 200 Å². The van der Waals surface area contributed by atoms with Crippen molar-refractivity contribution < 1.29 is 32.7 Å². The third-order valence-corrected chi connectivity index (χ3v) is 6.65. The van der Waals surface area contributed by atoms with Gasteiger partial charge in [-0.2, -0.15) is 18.2 Å². The van der Waals surface area contributed by atoms with Crippen molar-refractivity contribution >= 4 is 18.9 Å². The molecule has 0 radical (unpaired) electrons. The van der Waals surface area contributed by atoms with E-state index in [1.165, 1.54) is 6.33 Å². The van der Waals surface area contributed by atoms with Crippen LogP contribution < -0.4 is 15.0 Å². The molecular weight excluding hydrogens is 468 g/mol. The van der Waals surface area contributed by atoms with Crippen molar-refractivity contribution in [3.63, 3.8) is 0 Å². The predicted molar refractivity (Wildman–Crippen MR) is 119 cm³/mol. The van der Waals surface area contributed by atoms with E-state index in [4.69, 9.17) is 9.47 Å². The van der Waals surface area contributed by atoms with Crippen LogP contribution in [0.2, 0.25) is 5.82 Å². The predicted octanol–water partition coefficient (Wildman–Crippen LogP) is 1.48. The summed E-state index contributed by atoms with van der Waals surface area (Å²) in [6.45, 7) is 1.79. The fourth-order valence-electron chi connectivity index (χ4n) is 4.71. The summed E-state index contributed by atoms with van der Waals surface area (Å²) >= 11 is 0. The van der Waals surface area contributed by atoms with E-state index in [0.717, 1.165) is 42.7 Å². The van der Waals surface area contributed by atoms with Gasteiger partial charge in [-0.05, 0) is 37.9 Å². The lowest BCUT2D eigenvalue weighted by Gasteiger charge is -2.36. The lowest BCUT2D eigenvalue weighted by atomic mass is 9.65. The minimum atomic E-state index is -4.63. The second kappa shape index (κ2) is 9.74. The molecule has 3 N–H and O–H groups in total. The number of nitrogens with one attached hydrogen (secondary N) is 1. The van der Waals surface area contributed by atoms with Crippen LogP contribution in [0.3, 0.4) is 0 Å². The molecule has 14 heteroatoms. The first-order chi connectivity index (χ1) is 16.8. The molecule has 4 heterocycles. The van der Waals surface area contributed by atoms with Crippen LogP contribution in [0, 0.1) is 0 Å². The van der Waals surface area contributed by atoms with Gasteiger partial charge in [0.15, 0.2) is 0 Å². The Morgan fingerprint density at radius 3 is 2.71 bits per heavy atom. The van der Waals surface area contributed by atoms with Crippen LogP contribution >= 0.6 is 0 Å². The number of aromatic nitrogens is 4. The Balaban J connectivity index is 1.31. The van der Waals surface area contributed by atoms with Crippen molar-refractivity contribution in [1.82, 2.24) is 19.9 Å². The summed E-state index contributed by atoms with van der Waals surface area (Å²) in [5, 5.41) is 22.3. The molecule has 10 nitrogen and oxygen atoms in total. The summed E-state index contributed by atoms with van der Waals surface area (Å²) in [4.78, 5) is 18.9. The van der Waals surface area contributed by atoms with Crippen molar-refractivity contribution in [2.75, 3.05) is 36.5 Å². The fraction of sp³-hybridized carbons (Fsp3) is 0.619. The van der Waals surface area contributed by atoms with Crippen LogP contribution in [0.5, 0.6) is 5.88 Å². The molecule has 5 rings (SSSR count). The van der Waals surface area contributed by atoms with Crippen molar-refractivity contribution in [3.8, 4) is 5.88 Å². The van der Waals surface area contributed by atoms with E-state index in [1.807, 2.05) is 0 Å². The molecule has 0 saturated carbocycles. The summed E-state index contributed by atoms with van der Waals surface area (Å²) in [6, 6.07) is -0.110. The van der Waals surface area contributed by atoms with Crippen LogP contribution in [-0.4, -0.2) is 75.6 Å². The fourth-order valence-corrected chi connectivity index (χ4v) is 4.71. The molecular formula is C21H26BF3N6O4. The average molecular weight is 494 g/mol. The zero-order valence-corrected chi connectivity index (χ0v) is 18.9. The molecule has 188 valence electrons. The minimum Gasteiger partial charge on any atom is -0.469 e. The van der Waals surface area contributed by atoms with Gasteiger partial charge in [0.25, 0.3) is 0 Å². The maximum Gasteiger partial charge on any atom is 0.455 e. The van der Waals surface area contributed by atoms with Gasteiger partial charge in [0.1, 0.15) is 23.8 Å². The first kappa shape index (κ1) is 24.0. The second-order valence-electron chi connectivity index (χ2n) is 9.16. The molecule has 35 heavy (non-hydrogen) atoms. The van der Waals surface area contributed by atoms with Crippen LogP contribution in [-0.2, 0) is 23.8 Å². The second-order valence-corrected chi connectivity index (χ2v) is 9.16. The Hall–Kier alpha value is -2.71. The van der Waals surface area contributed by atoms with Gasteiger partial charge in [-0.15, -0.1) is 0 Å². The standard InChI is InChI=1S/C21H26BF3N6O4/c23-21(24,25)16-7-26-20(30-19(16)35-14-9-34-10-14)29-13-2-1-5-31(8-13)18-15-4-3-12(22(32)33)6-17(15)27-11-28-18/h7,11-14,32-33H,1-6,8-10H2,(H,26,29,30)/t12-,13-/m1/s1. The van der Waals surface area contributed by atoms with E-state index in [2.05, 4.69) is 30.2 Å². The number of alkyl halides is 3. The van der Waals surface area contributed by atoms with Gasteiger partial charge in [-0.25, -0.2) is 15.0 Å². The van der Waals surface area contributed by atoms with E-state index in [-0.39, 0.29) is 31.0 Å². The summed E-state index contributed by atoms with van der Waals surface area (Å²) in [5.41, 5.74) is 0.815. The number of nitrogens with zero attached hydrogens (tertiary/aromatic N) is 5. The smallest absolute Gasteiger partial charge is 0.455 e. The Kier molecular flexibility index (Phi) is 6.68. The lowest BCUT2D eigenvalue weighted by Crippen LogP contribution is -2.43. The maximum absolute atomic E-state index is 13.4. The summed E-state index contributed by atoms with van der Waals surface area (Å²) < 4.78 is 50.6. The van der Waals surface area contributed by atoms with Gasteiger partial charge < -0.3 is 29.7 Å². The maximum atomic E-state index is 13.4. The normalized spacial score (nSPS) is 22.8. The SMILES string of the molecule is OB(O)[C@@H]1CCc2c(ncnc2N2CCC[C@@H](Nc3ncc(C(F)(F)F)c(OC4COC4)n3)C2)C1. The summed E-state index contributed by atoms with van der Waals surface area (Å²) in [5.74, 6) is 0.140. The molecule has 2 fully saturated rings. The number of rotatable bonds is 6. The van der Waals surface area contributed by atoms with Crippen LogP contribution in [0.15, 0.2) is 12.5 Å². The zero-order valence-electron chi connectivity index (χ0n) is 18.9. The third-order valence-electron chi connectivity index (χ3n) is 6.65. The third kappa shape index (κ3) is 5.28. The minimum absolute atomic E-state index is 0.0737. The monoisotopic (exact) mass is 494 g/mol. The highest BCUT2D eigenvalue weighted by molar-refractivity contribution is 6.43. The topological polar surface area (TPSA) is 126 Å². The van der Waals surface area contributed by atoms with Crippen molar-refractivity contribution in [2.45, 2.75) is 56.2 Å². The highest BCUT2D eigenvalue weighted by Crippen LogP contribution is 2.37. The number of halogens is 3. The highest BCUT2D eigenvalue weighted by Gasteiger charge is 2.38. The molecule has 0 spiro atoms. The molecule has 1 aliphatic carbocycles. The molecule has 0 unspecified atom stereocenters. The Morgan fingerprint density at radius 2 is 2.00 bits per heavy atom. The molecule has 0 bridgehead atoms. The van der Waals surface area contributed by atoms with Crippen LogP contribution in [0.1, 0.15) is 36.1 Å². The van der Waals surface area contributed by atoms with Crippen LogP contribution in [0.25, 0.3) is 0 Å². The van der Waals surface area contributed by atoms with Crippen LogP contribution in [0.4, 0.5) is 24.9 Å². The molecule has 2 aliphatic heterocycles. The van der Waals surface area contributed by atoms with Gasteiger partial charge in [-0.3, -0.25) is 0 Å².